The molecule has 2 aromatic carbocycles. The molecule has 0 heterocycles. The Labute approximate surface area is 158 Å². The number of nitrogens with one attached hydrogen (secondary N) is 1. The van der Waals surface area contributed by atoms with Crippen molar-refractivity contribution in [3.05, 3.63) is 48.0 Å². The number of carbonyl (C=O) groups is 1. The molecule has 0 spiro atoms. The first-order chi connectivity index (χ1) is 13.2. The molecule has 2 rings (SSSR count). The number of ether oxygens (including phenoxy) is 4. The Kier molecular flexibility index (Phi) is 7.96. The van der Waals surface area contributed by atoms with E-state index in [0.717, 1.165) is 5.56 Å². The van der Waals surface area contributed by atoms with Crippen molar-refractivity contribution in [2.24, 2.45) is 5.10 Å². The third-order valence-electron chi connectivity index (χ3n) is 3.40. The lowest BCUT2D eigenvalue weighted by Gasteiger charge is -2.10. The van der Waals surface area contributed by atoms with Crippen molar-refractivity contribution in [1.82, 2.24) is 5.43 Å². The van der Waals surface area contributed by atoms with E-state index in [9.17, 15) is 4.79 Å². The predicted molar refractivity (Wildman–Crippen MR) is 103 cm³/mol. The number of rotatable bonds is 10. The van der Waals surface area contributed by atoms with E-state index in [4.69, 9.17) is 18.9 Å². The largest absolute Gasteiger partial charge is 0.493 e. The summed E-state index contributed by atoms with van der Waals surface area (Å²) in [6.45, 7) is 4.64. The number of nitrogens with zero attached hydrogens (tertiary/aromatic N) is 1. The molecule has 0 aliphatic heterocycles. The van der Waals surface area contributed by atoms with Crippen molar-refractivity contribution in [2.75, 3.05) is 26.9 Å². The number of hydrogen-bond acceptors (Lipinski definition) is 6. The number of hydrazone groups is 1. The first kappa shape index (κ1) is 20.1. The van der Waals surface area contributed by atoms with E-state index in [0.29, 0.717) is 36.2 Å². The predicted octanol–water partition coefficient (Wildman–Crippen LogP) is 3.02. The highest BCUT2D eigenvalue weighted by molar-refractivity contribution is 5.83. The number of amides is 1. The second-order valence-corrected chi connectivity index (χ2v) is 5.30. The standard InChI is InChI=1S/C20H24N2O5/c1-4-25-17-8-6-7-9-18(17)27-14-20(23)22-21-13-15-10-11-16(24-3)19(12-15)26-5-2/h6-13H,4-5,14H2,1-3H3,(H,22,23)/b21-13+. The van der Waals surface area contributed by atoms with Gasteiger partial charge in [-0.3, -0.25) is 4.79 Å². The molecule has 0 bridgehead atoms. The van der Waals surface area contributed by atoms with Crippen LogP contribution in [0.15, 0.2) is 47.6 Å². The summed E-state index contributed by atoms with van der Waals surface area (Å²) in [6.07, 6.45) is 1.52. The number of para-hydroxylation sites is 2. The molecule has 0 fully saturated rings. The van der Waals surface area contributed by atoms with Gasteiger partial charge in [0.25, 0.3) is 5.91 Å². The summed E-state index contributed by atoms with van der Waals surface area (Å²) in [7, 11) is 1.58. The van der Waals surface area contributed by atoms with Crippen molar-refractivity contribution in [1.29, 1.82) is 0 Å². The maximum Gasteiger partial charge on any atom is 0.277 e. The fraction of sp³-hybridized carbons (Fsp3) is 0.300. The zero-order valence-corrected chi connectivity index (χ0v) is 15.7. The van der Waals surface area contributed by atoms with Gasteiger partial charge in [-0.1, -0.05) is 12.1 Å². The normalized spacial score (nSPS) is 10.5. The van der Waals surface area contributed by atoms with Crippen molar-refractivity contribution in [2.45, 2.75) is 13.8 Å². The summed E-state index contributed by atoms with van der Waals surface area (Å²) in [5.74, 6) is 1.98. The minimum Gasteiger partial charge on any atom is -0.493 e. The van der Waals surface area contributed by atoms with Crippen molar-refractivity contribution in [3.63, 3.8) is 0 Å². The van der Waals surface area contributed by atoms with Crippen LogP contribution in [-0.2, 0) is 4.79 Å². The fourth-order valence-electron chi connectivity index (χ4n) is 2.24. The average molecular weight is 372 g/mol. The van der Waals surface area contributed by atoms with Gasteiger partial charge in [0.1, 0.15) is 0 Å². The summed E-state index contributed by atoms with van der Waals surface area (Å²) < 4.78 is 21.7. The van der Waals surface area contributed by atoms with Crippen LogP contribution in [0.5, 0.6) is 23.0 Å². The number of carbonyl (C=O) groups excluding carboxylic acids is 1. The van der Waals surface area contributed by atoms with Gasteiger partial charge in [-0.15, -0.1) is 0 Å². The molecule has 0 saturated heterocycles. The second kappa shape index (κ2) is 10.7. The van der Waals surface area contributed by atoms with Crippen molar-refractivity contribution in [3.8, 4) is 23.0 Å². The monoisotopic (exact) mass is 372 g/mol. The Morgan fingerprint density at radius 3 is 2.30 bits per heavy atom. The first-order valence-corrected chi connectivity index (χ1v) is 8.65. The highest BCUT2D eigenvalue weighted by Gasteiger charge is 2.07. The lowest BCUT2D eigenvalue weighted by atomic mass is 10.2. The number of methoxy groups -OCH3 is 1. The Morgan fingerprint density at radius 1 is 0.963 bits per heavy atom. The molecule has 0 atom stereocenters. The average Bonchev–Trinajstić information content (AvgIpc) is 2.68. The van der Waals surface area contributed by atoms with E-state index in [-0.39, 0.29) is 12.5 Å². The minimum atomic E-state index is -0.379. The van der Waals surface area contributed by atoms with Crippen LogP contribution in [0.25, 0.3) is 0 Å². The molecule has 0 aromatic heterocycles. The number of hydrogen-bond donors (Lipinski definition) is 1. The van der Waals surface area contributed by atoms with Crippen LogP contribution in [0.3, 0.4) is 0 Å². The molecule has 2 aromatic rings. The van der Waals surface area contributed by atoms with Crippen molar-refractivity contribution >= 4 is 12.1 Å². The van der Waals surface area contributed by atoms with Crippen LogP contribution in [0.1, 0.15) is 19.4 Å². The molecule has 0 saturated carbocycles. The van der Waals surface area contributed by atoms with Gasteiger partial charge in [0.05, 0.1) is 26.5 Å². The molecule has 1 amide bonds. The summed E-state index contributed by atoms with van der Waals surface area (Å²) in [4.78, 5) is 11.9. The van der Waals surface area contributed by atoms with E-state index >= 15 is 0 Å². The second-order valence-electron chi connectivity index (χ2n) is 5.30. The van der Waals surface area contributed by atoms with E-state index in [1.54, 1.807) is 31.4 Å². The Morgan fingerprint density at radius 2 is 1.63 bits per heavy atom. The van der Waals surface area contributed by atoms with E-state index in [1.807, 2.05) is 32.0 Å². The molecule has 0 aliphatic rings. The quantitative estimate of drug-likeness (QED) is 0.512. The third-order valence-corrected chi connectivity index (χ3v) is 3.40. The maximum atomic E-state index is 11.9. The van der Waals surface area contributed by atoms with E-state index < -0.39 is 0 Å². The van der Waals surface area contributed by atoms with Gasteiger partial charge < -0.3 is 18.9 Å². The zero-order chi connectivity index (χ0) is 19.5. The van der Waals surface area contributed by atoms with Gasteiger partial charge >= 0.3 is 0 Å². The van der Waals surface area contributed by atoms with Crippen molar-refractivity contribution < 1.29 is 23.7 Å². The topological polar surface area (TPSA) is 78.4 Å². The Bertz CT molecular complexity index is 777. The summed E-state index contributed by atoms with van der Waals surface area (Å²) >= 11 is 0. The van der Waals surface area contributed by atoms with Gasteiger partial charge in [-0.2, -0.15) is 5.10 Å². The fourth-order valence-corrected chi connectivity index (χ4v) is 2.24. The summed E-state index contributed by atoms with van der Waals surface area (Å²) in [6, 6.07) is 12.6. The summed E-state index contributed by atoms with van der Waals surface area (Å²) in [5, 5.41) is 3.94. The number of benzene rings is 2. The molecule has 7 nitrogen and oxygen atoms in total. The molecule has 0 radical (unpaired) electrons. The van der Waals surface area contributed by atoms with Crippen LogP contribution >= 0.6 is 0 Å². The lowest BCUT2D eigenvalue weighted by Crippen LogP contribution is -2.24. The summed E-state index contributed by atoms with van der Waals surface area (Å²) in [5.41, 5.74) is 3.19. The molecule has 0 unspecified atom stereocenters. The van der Waals surface area contributed by atoms with Gasteiger partial charge in [0.2, 0.25) is 0 Å². The van der Waals surface area contributed by atoms with Gasteiger partial charge in [-0.05, 0) is 49.7 Å². The maximum absolute atomic E-state index is 11.9. The molecule has 1 N–H and O–H groups in total. The molecular formula is C20H24N2O5. The van der Waals surface area contributed by atoms with E-state index in [2.05, 4.69) is 10.5 Å². The van der Waals surface area contributed by atoms with Crippen LogP contribution in [-0.4, -0.2) is 39.1 Å². The first-order valence-electron chi connectivity index (χ1n) is 8.65. The van der Waals surface area contributed by atoms with Crippen LogP contribution < -0.4 is 24.4 Å². The Hall–Kier alpha value is -3.22. The molecule has 27 heavy (non-hydrogen) atoms. The smallest absolute Gasteiger partial charge is 0.277 e. The highest BCUT2D eigenvalue weighted by atomic mass is 16.5. The lowest BCUT2D eigenvalue weighted by molar-refractivity contribution is -0.123. The zero-order valence-electron chi connectivity index (χ0n) is 15.7. The molecule has 0 aliphatic carbocycles. The Balaban J connectivity index is 1.89. The van der Waals surface area contributed by atoms with Crippen LogP contribution in [0.2, 0.25) is 0 Å². The highest BCUT2D eigenvalue weighted by Crippen LogP contribution is 2.27. The van der Waals surface area contributed by atoms with Crippen LogP contribution in [0.4, 0.5) is 0 Å². The molecular weight excluding hydrogens is 348 g/mol. The SMILES string of the molecule is CCOc1cc(/C=N/NC(=O)COc2ccccc2OCC)ccc1OC. The minimum absolute atomic E-state index is 0.172. The van der Waals surface area contributed by atoms with Gasteiger partial charge in [-0.25, -0.2) is 5.43 Å². The van der Waals surface area contributed by atoms with Gasteiger partial charge in [0.15, 0.2) is 29.6 Å². The third kappa shape index (κ3) is 6.22. The molecule has 144 valence electrons. The molecule has 7 heteroatoms. The van der Waals surface area contributed by atoms with Gasteiger partial charge in [0, 0.05) is 0 Å². The van der Waals surface area contributed by atoms with Crippen LogP contribution in [0, 0.1) is 0 Å². The van der Waals surface area contributed by atoms with E-state index in [1.165, 1.54) is 6.21 Å².